The highest BCUT2D eigenvalue weighted by Crippen LogP contribution is 2.11. The van der Waals surface area contributed by atoms with Crippen molar-refractivity contribution in [2.45, 2.75) is 13.1 Å². The first kappa shape index (κ1) is 15.7. The lowest BCUT2D eigenvalue weighted by molar-refractivity contribution is -0.121. The van der Waals surface area contributed by atoms with E-state index in [0.29, 0.717) is 17.4 Å². The van der Waals surface area contributed by atoms with E-state index in [4.69, 9.17) is 4.74 Å². The monoisotopic (exact) mass is 323 g/mol. The first-order valence-electron chi connectivity index (χ1n) is 7.51. The number of amides is 1. The van der Waals surface area contributed by atoms with Crippen molar-refractivity contribution in [3.8, 4) is 5.75 Å². The molecule has 0 aliphatic heterocycles. The van der Waals surface area contributed by atoms with Crippen LogP contribution in [0.1, 0.15) is 5.56 Å². The van der Waals surface area contributed by atoms with Gasteiger partial charge in [-0.1, -0.05) is 24.3 Å². The molecule has 0 bridgehead atoms. The Morgan fingerprint density at radius 2 is 1.92 bits per heavy atom. The average molecular weight is 323 g/mol. The third-order valence-electron chi connectivity index (χ3n) is 3.69. The number of hydrogen-bond donors (Lipinski definition) is 1. The molecule has 0 radical (unpaired) electrons. The van der Waals surface area contributed by atoms with E-state index in [1.165, 1.54) is 10.9 Å². The maximum Gasteiger partial charge on any atom is 0.261 e. The Bertz CT molecular complexity index is 917. The van der Waals surface area contributed by atoms with Gasteiger partial charge in [0.15, 0.2) is 0 Å². The topological polar surface area (TPSA) is 73.2 Å². The van der Waals surface area contributed by atoms with E-state index in [2.05, 4.69) is 10.3 Å². The summed E-state index contributed by atoms with van der Waals surface area (Å²) in [6, 6.07) is 14.5. The summed E-state index contributed by atoms with van der Waals surface area (Å²) in [6.07, 6.45) is 1.40. The highest BCUT2D eigenvalue weighted by Gasteiger charge is 2.07. The van der Waals surface area contributed by atoms with Crippen molar-refractivity contribution in [2.75, 3.05) is 7.11 Å². The number of rotatable bonds is 5. The van der Waals surface area contributed by atoms with Crippen LogP contribution in [0, 0.1) is 0 Å². The van der Waals surface area contributed by atoms with Crippen LogP contribution in [0.25, 0.3) is 10.9 Å². The summed E-state index contributed by atoms with van der Waals surface area (Å²) >= 11 is 0. The van der Waals surface area contributed by atoms with Crippen molar-refractivity contribution in [1.29, 1.82) is 0 Å². The first-order valence-corrected chi connectivity index (χ1v) is 7.51. The number of nitrogens with zero attached hydrogens (tertiary/aromatic N) is 2. The molecule has 1 heterocycles. The predicted octanol–water partition coefficient (Wildman–Crippen LogP) is 1.72. The van der Waals surface area contributed by atoms with Crippen LogP contribution >= 0.6 is 0 Å². The second-order valence-corrected chi connectivity index (χ2v) is 5.32. The summed E-state index contributed by atoms with van der Waals surface area (Å²) in [6.45, 7) is 0.325. The Morgan fingerprint density at radius 1 is 1.17 bits per heavy atom. The fourth-order valence-corrected chi connectivity index (χ4v) is 2.37. The highest BCUT2D eigenvalue weighted by molar-refractivity contribution is 5.78. The lowest BCUT2D eigenvalue weighted by Gasteiger charge is -2.08. The molecule has 1 N–H and O–H groups in total. The van der Waals surface area contributed by atoms with Crippen LogP contribution < -0.4 is 15.6 Å². The molecule has 122 valence electrons. The summed E-state index contributed by atoms with van der Waals surface area (Å²) in [4.78, 5) is 28.6. The summed E-state index contributed by atoms with van der Waals surface area (Å²) < 4.78 is 6.40. The second-order valence-electron chi connectivity index (χ2n) is 5.32. The highest BCUT2D eigenvalue weighted by atomic mass is 16.5. The van der Waals surface area contributed by atoms with E-state index in [1.807, 2.05) is 30.3 Å². The molecule has 1 amide bonds. The summed E-state index contributed by atoms with van der Waals surface area (Å²) in [5.41, 5.74) is 1.35. The van der Waals surface area contributed by atoms with Gasteiger partial charge in [0.05, 0.1) is 24.3 Å². The third-order valence-corrected chi connectivity index (χ3v) is 3.69. The Balaban J connectivity index is 1.66. The largest absolute Gasteiger partial charge is 0.497 e. The molecule has 0 unspecified atom stereocenters. The molecule has 0 fully saturated rings. The number of methoxy groups -OCH3 is 1. The zero-order chi connectivity index (χ0) is 16.9. The molecule has 24 heavy (non-hydrogen) atoms. The van der Waals surface area contributed by atoms with E-state index < -0.39 is 0 Å². The van der Waals surface area contributed by atoms with E-state index in [9.17, 15) is 9.59 Å². The van der Waals surface area contributed by atoms with E-state index in [-0.39, 0.29) is 18.0 Å². The van der Waals surface area contributed by atoms with Gasteiger partial charge >= 0.3 is 0 Å². The Kier molecular flexibility index (Phi) is 4.56. The third kappa shape index (κ3) is 3.43. The van der Waals surface area contributed by atoms with Crippen molar-refractivity contribution in [3.63, 3.8) is 0 Å². The Labute approximate surface area is 138 Å². The van der Waals surface area contributed by atoms with E-state index in [1.54, 1.807) is 25.3 Å². The molecule has 0 aliphatic rings. The molecule has 0 saturated heterocycles. The number of carbonyl (C=O) groups excluding carboxylic acids is 1. The van der Waals surface area contributed by atoms with Gasteiger partial charge in [-0.25, -0.2) is 4.98 Å². The van der Waals surface area contributed by atoms with Gasteiger partial charge in [0.25, 0.3) is 5.56 Å². The number of para-hydroxylation sites is 1. The number of benzene rings is 2. The maximum atomic E-state index is 12.3. The van der Waals surface area contributed by atoms with Gasteiger partial charge in [-0.2, -0.15) is 0 Å². The van der Waals surface area contributed by atoms with Crippen molar-refractivity contribution in [3.05, 3.63) is 70.8 Å². The van der Waals surface area contributed by atoms with Crippen LogP contribution in [-0.4, -0.2) is 22.6 Å². The molecule has 0 atom stereocenters. The minimum absolute atomic E-state index is 0.0627. The Morgan fingerprint density at radius 3 is 2.67 bits per heavy atom. The average Bonchev–Trinajstić information content (AvgIpc) is 2.63. The van der Waals surface area contributed by atoms with Gasteiger partial charge in [0, 0.05) is 6.54 Å². The number of nitrogens with one attached hydrogen (secondary N) is 1. The lowest BCUT2D eigenvalue weighted by atomic mass is 10.2. The van der Waals surface area contributed by atoms with Crippen LogP contribution in [0.5, 0.6) is 5.75 Å². The summed E-state index contributed by atoms with van der Waals surface area (Å²) in [5.74, 6) is 0.517. The van der Waals surface area contributed by atoms with Gasteiger partial charge in [-0.15, -0.1) is 0 Å². The van der Waals surface area contributed by atoms with Gasteiger partial charge < -0.3 is 10.1 Å². The predicted molar refractivity (Wildman–Crippen MR) is 90.8 cm³/mol. The molecular formula is C18H17N3O3. The van der Waals surface area contributed by atoms with Gasteiger partial charge in [-0.3, -0.25) is 14.2 Å². The van der Waals surface area contributed by atoms with Crippen LogP contribution in [0.15, 0.2) is 59.7 Å². The first-order chi connectivity index (χ1) is 11.7. The molecule has 0 saturated carbocycles. The van der Waals surface area contributed by atoms with Crippen molar-refractivity contribution in [1.82, 2.24) is 14.9 Å². The van der Waals surface area contributed by atoms with Crippen LogP contribution in [0.4, 0.5) is 0 Å². The van der Waals surface area contributed by atoms with Crippen molar-refractivity contribution < 1.29 is 9.53 Å². The van der Waals surface area contributed by atoms with E-state index >= 15 is 0 Å². The molecular weight excluding hydrogens is 306 g/mol. The fourth-order valence-electron chi connectivity index (χ4n) is 2.37. The van der Waals surface area contributed by atoms with Gasteiger partial charge in [0.1, 0.15) is 12.3 Å². The van der Waals surface area contributed by atoms with Crippen LogP contribution in [0.2, 0.25) is 0 Å². The van der Waals surface area contributed by atoms with Gasteiger partial charge in [0.2, 0.25) is 5.91 Å². The molecule has 3 aromatic rings. The molecule has 2 aromatic carbocycles. The fraction of sp³-hybridized carbons (Fsp3) is 0.167. The van der Waals surface area contributed by atoms with Gasteiger partial charge in [-0.05, 0) is 29.8 Å². The standard InChI is InChI=1S/C18H17N3O3/c1-24-14-8-6-13(7-9-14)10-19-17(22)11-21-12-20-16-5-3-2-4-15(16)18(21)23/h2-9,12H,10-11H2,1H3,(H,19,22). The number of hydrogen-bond acceptors (Lipinski definition) is 4. The number of ether oxygens (including phenoxy) is 1. The normalized spacial score (nSPS) is 10.5. The smallest absolute Gasteiger partial charge is 0.261 e. The zero-order valence-corrected chi connectivity index (χ0v) is 13.2. The van der Waals surface area contributed by atoms with E-state index in [0.717, 1.165) is 11.3 Å². The van der Waals surface area contributed by atoms with Crippen molar-refractivity contribution in [2.24, 2.45) is 0 Å². The molecule has 6 heteroatoms. The zero-order valence-electron chi connectivity index (χ0n) is 13.2. The number of aromatic nitrogens is 2. The quantitative estimate of drug-likeness (QED) is 0.776. The second kappa shape index (κ2) is 6.95. The molecule has 3 rings (SSSR count). The number of fused-ring (bicyclic) bond motifs is 1. The molecule has 6 nitrogen and oxygen atoms in total. The summed E-state index contributed by atoms with van der Waals surface area (Å²) in [5, 5.41) is 3.30. The maximum absolute atomic E-state index is 12.3. The molecule has 0 spiro atoms. The minimum atomic E-state index is -0.245. The summed E-state index contributed by atoms with van der Waals surface area (Å²) in [7, 11) is 1.60. The Hall–Kier alpha value is -3.15. The SMILES string of the molecule is COc1ccc(CNC(=O)Cn2cnc3ccccc3c2=O)cc1. The molecule has 0 aliphatic carbocycles. The molecule has 1 aromatic heterocycles. The van der Waals surface area contributed by atoms with Crippen LogP contribution in [-0.2, 0) is 17.9 Å². The number of carbonyl (C=O) groups is 1. The lowest BCUT2D eigenvalue weighted by Crippen LogP contribution is -2.32. The van der Waals surface area contributed by atoms with Crippen molar-refractivity contribution >= 4 is 16.8 Å². The van der Waals surface area contributed by atoms with Crippen LogP contribution in [0.3, 0.4) is 0 Å². The minimum Gasteiger partial charge on any atom is -0.497 e.